The SMILES string of the molecule is CC(C)(C)c1ccc2c(c1-c1nccc(-c3c(-c4ccccc4)c(-c4ccccc4)c(-c4ccccc4)c(-c4ccccc4)c3-c3ccccc3)n1)Sc1ccccc1C2(C)C. The second-order valence-electron chi connectivity index (χ2n) is 17.7. The Bertz CT molecular complexity index is 2960. The molecule has 0 N–H and O–H groups in total. The molecule has 0 saturated carbocycles. The third kappa shape index (κ3) is 6.87. The molecular weight excluding hydrogens is 769 g/mol. The van der Waals surface area contributed by atoms with Crippen LogP contribution in [0.4, 0.5) is 0 Å². The summed E-state index contributed by atoms with van der Waals surface area (Å²) in [7, 11) is 0. The molecule has 0 saturated heterocycles. The van der Waals surface area contributed by atoms with Crippen molar-refractivity contribution >= 4 is 11.8 Å². The smallest absolute Gasteiger partial charge is 0.161 e. The van der Waals surface area contributed by atoms with E-state index in [-0.39, 0.29) is 10.8 Å². The van der Waals surface area contributed by atoms with Crippen LogP contribution in [0.15, 0.2) is 210 Å². The van der Waals surface area contributed by atoms with Crippen LogP contribution in [0.1, 0.15) is 51.3 Å². The van der Waals surface area contributed by atoms with Crippen LogP contribution in [0.3, 0.4) is 0 Å². The second kappa shape index (κ2) is 15.9. The lowest BCUT2D eigenvalue weighted by atomic mass is 9.74. The Labute approximate surface area is 370 Å². The van der Waals surface area contributed by atoms with Crippen molar-refractivity contribution in [3.63, 3.8) is 0 Å². The molecule has 0 bridgehead atoms. The Morgan fingerprint density at radius 1 is 0.403 bits per heavy atom. The van der Waals surface area contributed by atoms with Crippen molar-refractivity contribution in [2.24, 2.45) is 0 Å². The highest BCUT2D eigenvalue weighted by Crippen LogP contribution is 2.57. The molecule has 8 aromatic carbocycles. The van der Waals surface area contributed by atoms with Gasteiger partial charge in [0.05, 0.1) is 5.69 Å². The van der Waals surface area contributed by atoms with Crippen molar-refractivity contribution in [1.29, 1.82) is 0 Å². The van der Waals surface area contributed by atoms with E-state index in [9.17, 15) is 0 Å². The Balaban J connectivity index is 1.39. The molecular formula is C59H48N2S. The normalized spacial score (nSPS) is 13.0. The maximum absolute atomic E-state index is 5.82. The summed E-state index contributed by atoms with van der Waals surface area (Å²) in [5.74, 6) is 0.736. The monoisotopic (exact) mass is 816 g/mol. The molecule has 9 aromatic rings. The Morgan fingerprint density at radius 3 is 1.24 bits per heavy atom. The van der Waals surface area contributed by atoms with E-state index in [1.165, 1.54) is 32.0 Å². The lowest BCUT2D eigenvalue weighted by Gasteiger charge is -2.37. The van der Waals surface area contributed by atoms with Gasteiger partial charge >= 0.3 is 0 Å². The summed E-state index contributed by atoms with van der Waals surface area (Å²) in [6.07, 6.45) is 1.98. The lowest BCUT2D eigenvalue weighted by Crippen LogP contribution is -2.25. The number of rotatable bonds is 7. The zero-order valence-electron chi connectivity index (χ0n) is 35.9. The maximum atomic E-state index is 5.82. The van der Waals surface area contributed by atoms with E-state index in [1.807, 2.05) is 18.0 Å². The molecule has 300 valence electrons. The van der Waals surface area contributed by atoms with Crippen molar-refractivity contribution < 1.29 is 0 Å². The number of hydrogen-bond acceptors (Lipinski definition) is 3. The van der Waals surface area contributed by atoms with Gasteiger partial charge in [-0.15, -0.1) is 0 Å². The molecule has 0 radical (unpaired) electrons. The molecule has 0 fully saturated rings. The minimum atomic E-state index is -0.205. The van der Waals surface area contributed by atoms with Crippen molar-refractivity contribution in [3.05, 3.63) is 217 Å². The molecule has 0 aliphatic carbocycles. The summed E-state index contributed by atoms with van der Waals surface area (Å²) >= 11 is 1.86. The van der Waals surface area contributed by atoms with Crippen LogP contribution in [0, 0.1) is 0 Å². The van der Waals surface area contributed by atoms with Crippen molar-refractivity contribution in [1.82, 2.24) is 9.97 Å². The van der Waals surface area contributed by atoms with Crippen LogP contribution < -0.4 is 0 Å². The summed E-state index contributed by atoms with van der Waals surface area (Å²) in [5, 5.41) is 0. The van der Waals surface area contributed by atoms with Crippen LogP contribution in [-0.2, 0) is 10.8 Å². The average molecular weight is 817 g/mol. The fourth-order valence-corrected chi connectivity index (χ4v) is 11.0. The van der Waals surface area contributed by atoms with Gasteiger partial charge in [0.25, 0.3) is 0 Å². The molecule has 10 rings (SSSR count). The first-order valence-electron chi connectivity index (χ1n) is 21.5. The number of fused-ring (bicyclic) bond motifs is 2. The standard InChI is InChI=1S/C59H48N2S/c1-58(2,3)45-35-36-46-56(62-48-34-22-21-33-44(48)59(46,4)5)54(45)57-60-38-37-47(61-57)55-52(42-29-17-9-18-30-42)50(40-25-13-7-14-26-40)49(39-23-11-6-12-24-39)51(41-27-15-8-16-28-41)53(55)43-31-19-10-20-32-43/h6-38H,1-5H3. The maximum Gasteiger partial charge on any atom is 0.161 e. The van der Waals surface area contributed by atoms with E-state index >= 15 is 0 Å². The van der Waals surface area contributed by atoms with Gasteiger partial charge in [-0.25, -0.2) is 9.97 Å². The van der Waals surface area contributed by atoms with E-state index in [0.29, 0.717) is 0 Å². The lowest BCUT2D eigenvalue weighted by molar-refractivity contribution is 0.579. The fourth-order valence-electron chi connectivity index (χ4n) is 9.45. The van der Waals surface area contributed by atoms with E-state index in [1.54, 1.807) is 0 Å². The van der Waals surface area contributed by atoms with Crippen molar-refractivity contribution in [3.8, 4) is 78.3 Å². The Kier molecular flexibility index (Phi) is 10.1. The Hall–Kier alpha value is -6.81. The summed E-state index contributed by atoms with van der Waals surface area (Å²) < 4.78 is 0. The number of hydrogen-bond donors (Lipinski definition) is 0. The van der Waals surface area contributed by atoms with E-state index < -0.39 is 0 Å². The Morgan fingerprint density at radius 2 is 0.806 bits per heavy atom. The van der Waals surface area contributed by atoms with Crippen molar-refractivity contribution in [2.75, 3.05) is 0 Å². The molecule has 1 aromatic heterocycles. The minimum absolute atomic E-state index is 0.173. The van der Waals surface area contributed by atoms with E-state index in [2.05, 4.69) is 229 Å². The van der Waals surface area contributed by atoms with Gasteiger partial charge in [0.1, 0.15) is 0 Å². The van der Waals surface area contributed by atoms with E-state index in [0.717, 1.165) is 72.7 Å². The quantitative estimate of drug-likeness (QED) is 0.160. The van der Waals surface area contributed by atoms with Gasteiger partial charge < -0.3 is 0 Å². The molecule has 1 aliphatic heterocycles. The highest BCUT2D eigenvalue weighted by molar-refractivity contribution is 7.99. The second-order valence-corrected chi connectivity index (χ2v) is 18.7. The highest BCUT2D eigenvalue weighted by atomic mass is 32.2. The van der Waals surface area contributed by atoms with Gasteiger partial charge in [0.2, 0.25) is 0 Å². The molecule has 62 heavy (non-hydrogen) atoms. The summed E-state index contributed by atoms with van der Waals surface area (Å²) in [6, 6.07) is 70.2. The van der Waals surface area contributed by atoms with Crippen LogP contribution in [0.5, 0.6) is 0 Å². The predicted molar refractivity (Wildman–Crippen MR) is 261 cm³/mol. The van der Waals surface area contributed by atoms with Gasteiger partial charge in [-0.1, -0.05) is 228 Å². The molecule has 3 heteroatoms. The number of nitrogens with zero attached hydrogens (tertiary/aromatic N) is 2. The van der Waals surface area contributed by atoms with Gasteiger partial charge in [0.15, 0.2) is 5.82 Å². The molecule has 0 spiro atoms. The minimum Gasteiger partial charge on any atom is -0.236 e. The van der Waals surface area contributed by atoms with Gasteiger partial charge in [-0.3, -0.25) is 0 Å². The molecule has 2 nitrogen and oxygen atoms in total. The predicted octanol–water partition coefficient (Wildman–Crippen LogP) is 16.2. The van der Waals surface area contributed by atoms with Gasteiger partial charge in [-0.2, -0.15) is 0 Å². The van der Waals surface area contributed by atoms with Crippen LogP contribution in [0.25, 0.3) is 78.3 Å². The third-order valence-electron chi connectivity index (χ3n) is 12.4. The third-order valence-corrected chi connectivity index (χ3v) is 13.6. The van der Waals surface area contributed by atoms with Crippen LogP contribution >= 0.6 is 11.8 Å². The van der Waals surface area contributed by atoms with Crippen molar-refractivity contribution in [2.45, 2.75) is 55.2 Å². The molecule has 1 aliphatic rings. The highest BCUT2D eigenvalue weighted by Gasteiger charge is 2.37. The number of aromatic nitrogens is 2. The first kappa shape index (κ1) is 39.3. The fraction of sp³-hybridized carbons (Fsp3) is 0.119. The zero-order valence-corrected chi connectivity index (χ0v) is 36.7. The zero-order chi connectivity index (χ0) is 42.4. The first-order chi connectivity index (χ1) is 30.2. The van der Waals surface area contributed by atoms with Crippen LogP contribution in [-0.4, -0.2) is 9.97 Å². The summed E-state index contributed by atoms with van der Waals surface area (Å²) in [6.45, 7) is 11.6. The van der Waals surface area contributed by atoms with Gasteiger partial charge in [0, 0.05) is 43.7 Å². The molecule has 0 unspecified atom stereocenters. The largest absolute Gasteiger partial charge is 0.236 e. The summed E-state index contributed by atoms with van der Waals surface area (Å²) in [4.78, 5) is 13.6. The summed E-state index contributed by atoms with van der Waals surface area (Å²) in [5.41, 5.74) is 18.0. The number of benzene rings is 8. The molecule has 0 atom stereocenters. The van der Waals surface area contributed by atoms with E-state index in [4.69, 9.17) is 9.97 Å². The average Bonchev–Trinajstić information content (AvgIpc) is 3.31. The van der Waals surface area contributed by atoms with Gasteiger partial charge in [-0.05, 0) is 78.7 Å². The van der Waals surface area contributed by atoms with Crippen LogP contribution in [0.2, 0.25) is 0 Å². The molecule has 0 amide bonds. The molecule has 2 heterocycles. The first-order valence-corrected chi connectivity index (χ1v) is 22.3. The topological polar surface area (TPSA) is 25.8 Å².